The summed E-state index contributed by atoms with van der Waals surface area (Å²) >= 11 is 0. The summed E-state index contributed by atoms with van der Waals surface area (Å²) in [5.74, 6) is -0.777. The monoisotopic (exact) mass is 560 g/mol. The molecule has 0 aliphatic carbocycles. The van der Waals surface area contributed by atoms with Crippen LogP contribution in [0.1, 0.15) is 25.8 Å². The quantitative estimate of drug-likeness (QED) is 0.0823. The van der Waals surface area contributed by atoms with E-state index in [-0.39, 0.29) is 36.1 Å². The van der Waals surface area contributed by atoms with Crippen molar-refractivity contribution in [3.05, 3.63) is 105 Å². The number of azo groups is 1. The van der Waals surface area contributed by atoms with E-state index < -0.39 is 27.1 Å². The number of anilines is 2. The Morgan fingerprint density at radius 3 is 2.27 bits per heavy atom. The molecule has 1 N–H and O–H groups in total. The average molecular weight is 561 g/mol. The lowest BCUT2D eigenvalue weighted by Gasteiger charge is -2.25. The van der Waals surface area contributed by atoms with Gasteiger partial charge in [-0.2, -0.15) is 0 Å². The zero-order valence-electron chi connectivity index (χ0n) is 22.5. The van der Waals surface area contributed by atoms with Gasteiger partial charge in [-0.1, -0.05) is 36.9 Å². The maximum absolute atomic E-state index is 12.3. The van der Waals surface area contributed by atoms with Gasteiger partial charge >= 0.3 is 11.7 Å². The SMILES string of the molecule is C=C(C)COC(=O)CCN(Cc1ccccc1)c1ccc(N=Nc2ccc([N+](=O)[O-])cc2[N+](=O)[O-])c(NC(C)=O)c1. The van der Waals surface area contributed by atoms with Crippen LogP contribution in [0.15, 0.2) is 89.1 Å². The van der Waals surface area contributed by atoms with E-state index in [1.165, 1.54) is 6.92 Å². The topological polar surface area (TPSA) is 170 Å². The van der Waals surface area contributed by atoms with E-state index in [4.69, 9.17) is 4.74 Å². The normalized spacial score (nSPS) is 10.7. The Hall–Kier alpha value is -5.46. The number of nitro groups is 2. The van der Waals surface area contributed by atoms with Crippen molar-refractivity contribution in [2.24, 2.45) is 10.2 Å². The second kappa shape index (κ2) is 14.1. The zero-order valence-corrected chi connectivity index (χ0v) is 22.5. The van der Waals surface area contributed by atoms with Crippen LogP contribution in [0.4, 0.5) is 34.1 Å². The minimum Gasteiger partial charge on any atom is -0.461 e. The maximum Gasteiger partial charge on any atom is 0.307 e. The van der Waals surface area contributed by atoms with Crippen molar-refractivity contribution in [1.29, 1.82) is 0 Å². The largest absolute Gasteiger partial charge is 0.461 e. The molecule has 13 nitrogen and oxygen atoms in total. The number of nitrogens with one attached hydrogen (secondary N) is 1. The number of amides is 1. The number of non-ortho nitro benzene ring substituents is 1. The highest BCUT2D eigenvalue weighted by Gasteiger charge is 2.20. The Kier molecular flexibility index (Phi) is 10.3. The van der Waals surface area contributed by atoms with E-state index in [0.29, 0.717) is 18.8 Å². The number of nitrogens with zero attached hydrogens (tertiary/aromatic N) is 5. The maximum atomic E-state index is 12.3. The molecule has 3 rings (SSSR count). The van der Waals surface area contributed by atoms with Crippen LogP contribution in [0.3, 0.4) is 0 Å². The predicted octanol–water partition coefficient (Wildman–Crippen LogP) is 6.39. The zero-order chi connectivity index (χ0) is 29.9. The first kappa shape index (κ1) is 30.1. The van der Waals surface area contributed by atoms with Gasteiger partial charge < -0.3 is 15.0 Å². The van der Waals surface area contributed by atoms with E-state index in [2.05, 4.69) is 22.1 Å². The van der Waals surface area contributed by atoms with Crippen molar-refractivity contribution in [3.8, 4) is 0 Å². The van der Waals surface area contributed by atoms with Crippen molar-refractivity contribution in [2.45, 2.75) is 26.8 Å². The Balaban J connectivity index is 1.95. The van der Waals surface area contributed by atoms with Gasteiger partial charge in [0.25, 0.3) is 5.69 Å². The fourth-order valence-corrected chi connectivity index (χ4v) is 3.67. The third-order valence-electron chi connectivity index (χ3n) is 5.57. The van der Waals surface area contributed by atoms with E-state index in [0.717, 1.165) is 29.3 Å². The predicted molar refractivity (Wildman–Crippen MR) is 153 cm³/mol. The first-order valence-electron chi connectivity index (χ1n) is 12.4. The smallest absolute Gasteiger partial charge is 0.307 e. The molecule has 0 bridgehead atoms. The number of benzene rings is 3. The van der Waals surface area contributed by atoms with E-state index in [9.17, 15) is 29.8 Å². The number of hydrogen-bond acceptors (Lipinski definition) is 10. The molecule has 3 aromatic carbocycles. The lowest BCUT2D eigenvalue weighted by molar-refractivity contribution is -0.393. The van der Waals surface area contributed by atoms with Crippen molar-refractivity contribution in [3.63, 3.8) is 0 Å². The molecule has 0 atom stereocenters. The number of carbonyl (C=O) groups excluding carboxylic acids is 2. The minimum atomic E-state index is -0.790. The van der Waals surface area contributed by atoms with Crippen LogP contribution < -0.4 is 10.2 Å². The summed E-state index contributed by atoms with van der Waals surface area (Å²) in [4.78, 5) is 47.1. The van der Waals surface area contributed by atoms with Gasteiger partial charge in [-0.15, -0.1) is 10.2 Å². The van der Waals surface area contributed by atoms with Crippen LogP contribution in [0.5, 0.6) is 0 Å². The van der Waals surface area contributed by atoms with Crippen LogP contribution >= 0.6 is 0 Å². The Morgan fingerprint density at radius 1 is 0.951 bits per heavy atom. The van der Waals surface area contributed by atoms with Crippen molar-refractivity contribution in [2.75, 3.05) is 23.4 Å². The molecular formula is C28H28N6O7. The lowest BCUT2D eigenvalue weighted by Crippen LogP contribution is -2.26. The fourth-order valence-electron chi connectivity index (χ4n) is 3.67. The standard InChI is InChI=1S/C28H28N6O7/c1-19(2)18-41-28(36)13-14-32(17-21-7-5-4-6-8-21)22-9-11-24(26(15-22)29-20(3)35)30-31-25-12-10-23(33(37)38)16-27(25)34(39)40/h4-12,15-16H,1,13-14,17-18H2,2-3H3,(H,29,35). The van der Waals surface area contributed by atoms with Gasteiger partial charge in [-0.05, 0) is 42.3 Å². The van der Waals surface area contributed by atoms with Crippen LogP contribution in [0.2, 0.25) is 0 Å². The molecule has 0 fully saturated rings. The highest BCUT2D eigenvalue weighted by atomic mass is 16.6. The van der Waals surface area contributed by atoms with Gasteiger partial charge in [0.2, 0.25) is 5.91 Å². The number of esters is 1. The molecule has 0 heterocycles. The molecular weight excluding hydrogens is 532 g/mol. The molecule has 0 unspecified atom stereocenters. The number of rotatable bonds is 13. The molecule has 0 aromatic heterocycles. The second-order valence-electron chi connectivity index (χ2n) is 9.04. The van der Waals surface area contributed by atoms with Crippen molar-refractivity contribution >= 4 is 46.0 Å². The highest BCUT2D eigenvalue weighted by molar-refractivity contribution is 5.93. The number of hydrogen-bond donors (Lipinski definition) is 1. The molecule has 41 heavy (non-hydrogen) atoms. The van der Waals surface area contributed by atoms with Crippen molar-refractivity contribution in [1.82, 2.24) is 0 Å². The molecule has 0 saturated carbocycles. The van der Waals surface area contributed by atoms with Gasteiger partial charge in [0.05, 0.1) is 28.0 Å². The summed E-state index contributed by atoms with van der Waals surface area (Å²) in [6.07, 6.45) is 0.0981. The van der Waals surface area contributed by atoms with Gasteiger partial charge in [0.1, 0.15) is 12.3 Å². The minimum absolute atomic E-state index is 0.0981. The molecule has 0 aliphatic rings. The van der Waals surface area contributed by atoms with E-state index >= 15 is 0 Å². The van der Waals surface area contributed by atoms with Crippen molar-refractivity contribution < 1.29 is 24.2 Å². The van der Waals surface area contributed by atoms with Gasteiger partial charge in [0, 0.05) is 31.8 Å². The third-order valence-corrected chi connectivity index (χ3v) is 5.57. The fraction of sp³-hybridized carbons (Fsp3) is 0.214. The second-order valence-corrected chi connectivity index (χ2v) is 9.04. The Morgan fingerprint density at radius 2 is 1.63 bits per heavy atom. The summed E-state index contributed by atoms with van der Waals surface area (Å²) in [5, 5.41) is 33.2. The van der Waals surface area contributed by atoms with Gasteiger partial charge in [-0.3, -0.25) is 29.8 Å². The summed E-state index contributed by atoms with van der Waals surface area (Å²) in [6.45, 7) is 7.69. The number of carbonyl (C=O) groups is 2. The molecule has 0 radical (unpaired) electrons. The Labute approximate surface area is 235 Å². The summed E-state index contributed by atoms with van der Waals surface area (Å²) < 4.78 is 5.22. The van der Waals surface area contributed by atoms with E-state index in [1.54, 1.807) is 25.1 Å². The number of ether oxygens (including phenoxy) is 1. The first-order chi connectivity index (χ1) is 19.5. The molecule has 0 aliphatic heterocycles. The van der Waals surface area contributed by atoms with E-state index in [1.807, 2.05) is 35.2 Å². The molecule has 3 aromatic rings. The van der Waals surface area contributed by atoms with Crippen LogP contribution in [-0.2, 0) is 20.9 Å². The van der Waals surface area contributed by atoms with Crippen LogP contribution in [0, 0.1) is 20.2 Å². The third kappa shape index (κ3) is 9.06. The summed E-state index contributed by atoms with van der Waals surface area (Å²) in [5.41, 5.74) is 1.59. The number of nitro benzene ring substituents is 2. The summed E-state index contributed by atoms with van der Waals surface area (Å²) in [6, 6.07) is 17.5. The molecule has 0 spiro atoms. The molecule has 1 amide bonds. The van der Waals surface area contributed by atoms with Gasteiger partial charge in [0.15, 0.2) is 5.69 Å². The molecule has 13 heteroatoms. The van der Waals surface area contributed by atoms with Gasteiger partial charge in [-0.25, -0.2) is 0 Å². The first-order valence-corrected chi connectivity index (χ1v) is 12.4. The highest BCUT2D eigenvalue weighted by Crippen LogP contribution is 2.36. The van der Waals surface area contributed by atoms with Crippen LogP contribution in [0.25, 0.3) is 0 Å². The average Bonchev–Trinajstić information content (AvgIpc) is 2.93. The van der Waals surface area contributed by atoms with Crippen LogP contribution in [-0.4, -0.2) is 34.9 Å². The summed E-state index contributed by atoms with van der Waals surface area (Å²) in [7, 11) is 0. The lowest BCUT2D eigenvalue weighted by atomic mass is 10.1. The molecule has 212 valence electrons. The Bertz CT molecular complexity index is 1490. The molecule has 0 saturated heterocycles.